The molecule has 18 heavy (non-hydrogen) atoms. The fraction of sp³-hybridized carbons (Fsp3) is 0.385. The number of alkyl halides is 1. The molecular formula is C13H16ClN3O. The summed E-state index contributed by atoms with van der Waals surface area (Å²) in [7, 11) is 0. The van der Waals surface area contributed by atoms with Crippen molar-refractivity contribution in [2.75, 3.05) is 11.4 Å². The molecule has 0 spiro atoms. The molecule has 0 amide bonds. The lowest BCUT2D eigenvalue weighted by atomic mass is 10.3. The zero-order valence-corrected chi connectivity index (χ0v) is 11.3. The quantitative estimate of drug-likeness (QED) is 0.779. The van der Waals surface area contributed by atoms with Crippen molar-refractivity contribution in [2.45, 2.75) is 26.3 Å². The summed E-state index contributed by atoms with van der Waals surface area (Å²) in [4.78, 5) is 11.0. The number of furan rings is 1. The molecule has 0 unspecified atom stereocenters. The van der Waals surface area contributed by atoms with Gasteiger partial charge in [0.1, 0.15) is 5.76 Å². The van der Waals surface area contributed by atoms with Gasteiger partial charge in [-0.3, -0.25) is 0 Å². The van der Waals surface area contributed by atoms with Crippen LogP contribution in [0.5, 0.6) is 0 Å². The number of rotatable bonds is 5. The molecule has 0 aliphatic carbocycles. The lowest BCUT2D eigenvalue weighted by Gasteiger charge is -2.20. The summed E-state index contributed by atoms with van der Waals surface area (Å²) in [6.07, 6.45) is 1.67. The van der Waals surface area contributed by atoms with Crippen molar-refractivity contribution in [1.29, 1.82) is 0 Å². The smallest absolute Gasteiger partial charge is 0.226 e. The summed E-state index contributed by atoms with van der Waals surface area (Å²) in [6.45, 7) is 5.48. The van der Waals surface area contributed by atoms with E-state index in [2.05, 4.69) is 21.8 Å². The highest BCUT2D eigenvalue weighted by molar-refractivity contribution is 6.16. The Hall–Kier alpha value is -1.55. The summed E-state index contributed by atoms with van der Waals surface area (Å²) in [5.74, 6) is 1.99. The van der Waals surface area contributed by atoms with E-state index in [9.17, 15) is 0 Å². The number of halogens is 1. The van der Waals surface area contributed by atoms with Gasteiger partial charge in [-0.1, -0.05) is 0 Å². The summed E-state index contributed by atoms with van der Waals surface area (Å²) in [5.41, 5.74) is 1.77. The minimum atomic E-state index is 0.397. The molecule has 0 N–H and O–H groups in total. The van der Waals surface area contributed by atoms with E-state index in [-0.39, 0.29) is 0 Å². The number of hydrogen-bond donors (Lipinski definition) is 0. The molecule has 2 rings (SSSR count). The highest BCUT2D eigenvalue weighted by Crippen LogP contribution is 2.15. The fourth-order valence-electron chi connectivity index (χ4n) is 1.74. The van der Waals surface area contributed by atoms with Gasteiger partial charge in [0, 0.05) is 12.2 Å². The summed E-state index contributed by atoms with van der Waals surface area (Å²) >= 11 is 5.83. The molecule has 0 radical (unpaired) electrons. The molecule has 2 aromatic rings. The van der Waals surface area contributed by atoms with Crippen molar-refractivity contribution >= 4 is 17.5 Å². The maximum absolute atomic E-state index is 5.83. The van der Waals surface area contributed by atoms with Gasteiger partial charge < -0.3 is 9.32 Å². The number of aromatic nitrogens is 2. The Labute approximate surface area is 112 Å². The first kappa shape index (κ1) is 12.9. The normalized spacial score (nSPS) is 10.6. The largest absolute Gasteiger partial charge is 0.467 e. The monoisotopic (exact) mass is 265 g/mol. The van der Waals surface area contributed by atoms with Crippen LogP contribution in [-0.4, -0.2) is 16.5 Å². The summed E-state index contributed by atoms with van der Waals surface area (Å²) in [5, 5.41) is 0. The van der Waals surface area contributed by atoms with Crippen LogP contribution in [0.1, 0.15) is 24.1 Å². The lowest BCUT2D eigenvalue weighted by Crippen LogP contribution is -2.24. The van der Waals surface area contributed by atoms with Crippen LogP contribution in [0.4, 0.5) is 5.95 Å². The van der Waals surface area contributed by atoms with Crippen LogP contribution in [0.2, 0.25) is 0 Å². The number of hydrogen-bond acceptors (Lipinski definition) is 4. The average Bonchev–Trinajstić information content (AvgIpc) is 2.88. The molecule has 2 heterocycles. The molecule has 96 valence electrons. The molecule has 0 aliphatic rings. The van der Waals surface area contributed by atoms with Crippen LogP contribution in [0, 0.1) is 6.92 Å². The van der Waals surface area contributed by atoms with Crippen LogP contribution in [0.3, 0.4) is 0 Å². The Morgan fingerprint density at radius 1 is 1.39 bits per heavy atom. The third-order valence-corrected chi connectivity index (χ3v) is 2.90. The van der Waals surface area contributed by atoms with Gasteiger partial charge in [0.05, 0.1) is 24.4 Å². The van der Waals surface area contributed by atoms with Crippen LogP contribution in [0.25, 0.3) is 0 Å². The first-order valence-corrected chi connectivity index (χ1v) is 6.44. The minimum absolute atomic E-state index is 0.397. The molecule has 0 fully saturated rings. The van der Waals surface area contributed by atoms with Gasteiger partial charge in [-0.2, -0.15) is 0 Å². The summed E-state index contributed by atoms with van der Waals surface area (Å²) < 4.78 is 5.35. The van der Waals surface area contributed by atoms with Gasteiger partial charge in [-0.05, 0) is 32.0 Å². The topological polar surface area (TPSA) is 42.2 Å². The molecule has 2 aromatic heterocycles. The van der Waals surface area contributed by atoms with Crippen LogP contribution in [-0.2, 0) is 12.4 Å². The van der Waals surface area contributed by atoms with Crippen molar-refractivity contribution < 1.29 is 4.42 Å². The predicted molar refractivity (Wildman–Crippen MR) is 71.8 cm³/mol. The second-order valence-electron chi connectivity index (χ2n) is 4.03. The fourth-order valence-corrected chi connectivity index (χ4v) is 1.88. The van der Waals surface area contributed by atoms with Crippen molar-refractivity contribution in [3.8, 4) is 0 Å². The summed E-state index contributed by atoms with van der Waals surface area (Å²) in [6, 6.07) is 5.72. The number of nitrogens with zero attached hydrogens (tertiary/aromatic N) is 3. The molecule has 0 atom stereocenters. The lowest BCUT2D eigenvalue weighted by molar-refractivity contribution is 0.501. The highest BCUT2D eigenvalue weighted by atomic mass is 35.5. The van der Waals surface area contributed by atoms with E-state index in [0.29, 0.717) is 18.4 Å². The number of aryl methyl sites for hydroxylation is 1. The molecular weight excluding hydrogens is 250 g/mol. The maximum Gasteiger partial charge on any atom is 0.226 e. The molecule has 5 heteroatoms. The highest BCUT2D eigenvalue weighted by Gasteiger charge is 2.11. The van der Waals surface area contributed by atoms with E-state index < -0.39 is 0 Å². The van der Waals surface area contributed by atoms with Crippen molar-refractivity contribution in [2.24, 2.45) is 0 Å². The Morgan fingerprint density at radius 3 is 2.83 bits per heavy atom. The first-order chi connectivity index (χ1) is 8.72. The maximum atomic E-state index is 5.83. The molecule has 0 bridgehead atoms. The second kappa shape index (κ2) is 5.87. The SMILES string of the molecule is CCN(Cc1ccco1)c1nc(C)cc(CCl)n1. The van der Waals surface area contributed by atoms with E-state index in [0.717, 1.165) is 23.7 Å². The van der Waals surface area contributed by atoms with Gasteiger partial charge in [-0.15, -0.1) is 11.6 Å². The second-order valence-corrected chi connectivity index (χ2v) is 4.30. The standard InChI is InChI=1S/C13H16ClN3O/c1-3-17(9-12-5-4-6-18-12)13-15-10(2)7-11(8-14)16-13/h4-7H,3,8-9H2,1-2H3. The Morgan fingerprint density at radius 2 is 2.22 bits per heavy atom. The molecule has 0 aromatic carbocycles. The van der Waals surface area contributed by atoms with Gasteiger partial charge in [0.25, 0.3) is 0 Å². The Kier molecular flexibility index (Phi) is 4.20. The zero-order chi connectivity index (χ0) is 13.0. The van der Waals surface area contributed by atoms with Gasteiger partial charge in [-0.25, -0.2) is 9.97 Å². The van der Waals surface area contributed by atoms with Gasteiger partial charge in [0.15, 0.2) is 0 Å². The number of anilines is 1. The van der Waals surface area contributed by atoms with Gasteiger partial charge in [0.2, 0.25) is 5.95 Å². The van der Waals surface area contributed by atoms with E-state index in [1.165, 1.54) is 0 Å². The Balaban J connectivity index is 2.24. The Bertz CT molecular complexity index is 499. The third kappa shape index (κ3) is 3.01. The first-order valence-electron chi connectivity index (χ1n) is 5.90. The zero-order valence-electron chi connectivity index (χ0n) is 10.6. The van der Waals surface area contributed by atoms with Crippen molar-refractivity contribution in [3.05, 3.63) is 41.6 Å². The van der Waals surface area contributed by atoms with Crippen LogP contribution in [0.15, 0.2) is 28.9 Å². The van der Waals surface area contributed by atoms with Gasteiger partial charge >= 0.3 is 0 Å². The molecule has 0 saturated carbocycles. The van der Waals surface area contributed by atoms with Crippen LogP contribution < -0.4 is 4.90 Å². The molecule has 0 saturated heterocycles. The van der Waals surface area contributed by atoms with E-state index in [4.69, 9.17) is 16.0 Å². The van der Waals surface area contributed by atoms with E-state index in [1.807, 2.05) is 25.1 Å². The van der Waals surface area contributed by atoms with E-state index >= 15 is 0 Å². The van der Waals surface area contributed by atoms with Crippen LogP contribution >= 0.6 is 11.6 Å². The predicted octanol–water partition coefficient (Wildman–Crippen LogP) is 3.14. The average molecular weight is 266 g/mol. The molecule has 0 aliphatic heterocycles. The van der Waals surface area contributed by atoms with Crippen molar-refractivity contribution in [1.82, 2.24) is 9.97 Å². The van der Waals surface area contributed by atoms with E-state index in [1.54, 1.807) is 6.26 Å². The third-order valence-electron chi connectivity index (χ3n) is 2.62. The minimum Gasteiger partial charge on any atom is -0.467 e. The molecule has 4 nitrogen and oxygen atoms in total. The van der Waals surface area contributed by atoms with Crippen molar-refractivity contribution in [3.63, 3.8) is 0 Å².